The second-order valence-electron chi connectivity index (χ2n) is 3.17. The molecule has 0 amide bonds. The molecule has 1 aliphatic rings. The van der Waals surface area contributed by atoms with Crippen LogP contribution in [0.3, 0.4) is 0 Å². The van der Waals surface area contributed by atoms with Gasteiger partial charge in [0.25, 0.3) is 0 Å². The molecule has 1 rings (SSSR count). The minimum Gasteiger partial charge on any atom is -0.466 e. The van der Waals surface area contributed by atoms with E-state index < -0.39 is 0 Å². The summed E-state index contributed by atoms with van der Waals surface area (Å²) in [5, 5.41) is 0. The average molecular weight is 142 g/mol. The summed E-state index contributed by atoms with van der Waals surface area (Å²) in [5.41, 5.74) is 0. The summed E-state index contributed by atoms with van der Waals surface area (Å²) >= 11 is 0. The molecule has 0 N–H and O–H groups in total. The standard InChI is InChI=1S/C8H14O2/c1-6-3-4-10-8(9)5-7(6)2/h6-7H,3-5H2,1-2H3. The van der Waals surface area contributed by atoms with E-state index in [1.165, 1.54) is 0 Å². The van der Waals surface area contributed by atoms with Crippen molar-refractivity contribution in [2.24, 2.45) is 11.8 Å². The maximum atomic E-state index is 10.8. The van der Waals surface area contributed by atoms with Gasteiger partial charge in [-0.3, -0.25) is 4.79 Å². The molecule has 0 bridgehead atoms. The van der Waals surface area contributed by atoms with Crippen LogP contribution in [0.2, 0.25) is 0 Å². The van der Waals surface area contributed by atoms with Gasteiger partial charge < -0.3 is 4.74 Å². The summed E-state index contributed by atoms with van der Waals surface area (Å²) in [5.74, 6) is 1.10. The van der Waals surface area contributed by atoms with Crippen molar-refractivity contribution in [3.63, 3.8) is 0 Å². The maximum Gasteiger partial charge on any atom is 0.306 e. The van der Waals surface area contributed by atoms with E-state index in [0.717, 1.165) is 6.42 Å². The zero-order valence-corrected chi connectivity index (χ0v) is 6.59. The Morgan fingerprint density at radius 2 is 2.10 bits per heavy atom. The first-order valence-electron chi connectivity index (χ1n) is 3.86. The molecule has 0 saturated carbocycles. The minimum atomic E-state index is -0.0307. The quantitative estimate of drug-likeness (QED) is 0.480. The molecule has 10 heavy (non-hydrogen) atoms. The van der Waals surface area contributed by atoms with Crippen LogP contribution in [0, 0.1) is 11.8 Å². The van der Waals surface area contributed by atoms with Crippen molar-refractivity contribution in [3.05, 3.63) is 0 Å². The van der Waals surface area contributed by atoms with Crippen molar-refractivity contribution in [2.45, 2.75) is 26.7 Å². The lowest BCUT2D eigenvalue weighted by Gasteiger charge is -2.12. The molecule has 0 radical (unpaired) electrons. The molecule has 1 fully saturated rings. The smallest absolute Gasteiger partial charge is 0.306 e. The minimum absolute atomic E-state index is 0.0307. The van der Waals surface area contributed by atoms with E-state index in [0.29, 0.717) is 24.9 Å². The molecular formula is C8H14O2. The van der Waals surface area contributed by atoms with Gasteiger partial charge in [-0.2, -0.15) is 0 Å². The van der Waals surface area contributed by atoms with Gasteiger partial charge in [-0.05, 0) is 18.3 Å². The molecule has 1 aliphatic heterocycles. The Kier molecular flexibility index (Phi) is 2.30. The summed E-state index contributed by atoms with van der Waals surface area (Å²) in [6.45, 7) is 4.90. The molecule has 2 atom stereocenters. The van der Waals surface area contributed by atoms with Crippen LogP contribution in [0.25, 0.3) is 0 Å². The molecule has 0 aromatic carbocycles. The summed E-state index contributed by atoms with van der Waals surface area (Å²) in [7, 11) is 0. The summed E-state index contributed by atoms with van der Waals surface area (Å²) < 4.78 is 4.90. The Morgan fingerprint density at radius 1 is 1.40 bits per heavy atom. The first kappa shape index (κ1) is 7.58. The fourth-order valence-corrected chi connectivity index (χ4v) is 1.17. The molecule has 0 aromatic rings. The lowest BCUT2D eigenvalue weighted by molar-refractivity contribution is -0.143. The SMILES string of the molecule is CC1CCOC(=O)CC1C. The zero-order valence-electron chi connectivity index (χ0n) is 6.59. The Hall–Kier alpha value is -0.530. The Balaban J connectivity index is 2.49. The highest BCUT2D eigenvalue weighted by Gasteiger charge is 2.20. The largest absolute Gasteiger partial charge is 0.466 e. The molecule has 0 aliphatic carbocycles. The third kappa shape index (κ3) is 1.72. The third-order valence-corrected chi connectivity index (χ3v) is 2.30. The van der Waals surface area contributed by atoms with Crippen LogP contribution >= 0.6 is 0 Å². The summed E-state index contributed by atoms with van der Waals surface area (Å²) in [4.78, 5) is 10.8. The molecule has 0 aromatic heterocycles. The van der Waals surface area contributed by atoms with Crippen LogP contribution in [-0.2, 0) is 9.53 Å². The molecule has 2 heteroatoms. The Labute approximate surface area is 61.6 Å². The van der Waals surface area contributed by atoms with Crippen molar-refractivity contribution in [1.82, 2.24) is 0 Å². The molecule has 0 spiro atoms. The third-order valence-electron chi connectivity index (χ3n) is 2.30. The highest BCUT2D eigenvalue weighted by Crippen LogP contribution is 2.21. The fraction of sp³-hybridized carbons (Fsp3) is 0.875. The highest BCUT2D eigenvalue weighted by atomic mass is 16.5. The molecule has 1 heterocycles. The van der Waals surface area contributed by atoms with Gasteiger partial charge in [-0.25, -0.2) is 0 Å². The number of rotatable bonds is 0. The highest BCUT2D eigenvalue weighted by molar-refractivity contribution is 5.69. The first-order valence-corrected chi connectivity index (χ1v) is 3.86. The number of ether oxygens (including phenoxy) is 1. The van der Waals surface area contributed by atoms with E-state index in [4.69, 9.17) is 4.74 Å². The van der Waals surface area contributed by atoms with Crippen LogP contribution < -0.4 is 0 Å². The van der Waals surface area contributed by atoms with Gasteiger partial charge >= 0.3 is 5.97 Å². The average Bonchev–Trinajstić information content (AvgIpc) is 1.96. The lowest BCUT2D eigenvalue weighted by atomic mass is 9.91. The molecule has 1 saturated heterocycles. The van der Waals surface area contributed by atoms with E-state index >= 15 is 0 Å². The van der Waals surface area contributed by atoms with Gasteiger partial charge in [0.05, 0.1) is 6.61 Å². The predicted octanol–water partition coefficient (Wildman–Crippen LogP) is 1.60. The van der Waals surface area contributed by atoms with Crippen LogP contribution in [-0.4, -0.2) is 12.6 Å². The second kappa shape index (κ2) is 3.04. The van der Waals surface area contributed by atoms with Crippen molar-refractivity contribution < 1.29 is 9.53 Å². The number of carbonyl (C=O) groups is 1. The summed E-state index contributed by atoms with van der Waals surface area (Å²) in [6, 6.07) is 0. The number of hydrogen-bond donors (Lipinski definition) is 0. The van der Waals surface area contributed by atoms with Crippen LogP contribution in [0.4, 0.5) is 0 Å². The van der Waals surface area contributed by atoms with Gasteiger partial charge in [0.15, 0.2) is 0 Å². The number of hydrogen-bond acceptors (Lipinski definition) is 2. The van der Waals surface area contributed by atoms with Crippen molar-refractivity contribution in [3.8, 4) is 0 Å². The number of esters is 1. The van der Waals surface area contributed by atoms with E-state index in [2.05, 4.69) is 13.8 Å². The normalized spacial score (nSPS) is 34.8. The summed E-state index contributed by atoms with van der Waals surface area (Å²) in [6.07, 6.45) is 1.62. The maximum absolute atomic E-state index is 10.8. The molecule has 2 unspecified atom stereocenters. The molecule has 2 nitrogen and oxygen atoms in total. The van der Waals surface area contributed by atoms with Gasteiger partial charge in [-0.1, -0.05) is 13.8 Å². The van der Waals surface area contributed by atoms with Crippen molar-refractivity contribution >= 4 is 5.97 Å². The van der Waals surface area contributed by atoms with E-state index in [-0.39, 0.29) is 5.97 Å². The van der Waals surface area contributed by atoms with Gasteiger partial charge in [-0.15, -0.1) is 0 Å². The monoisotopic (exact) mass is 142 g/mol. The number of carbonyl (C=O) groups excluding carboxylic acids is 1. The van der Waals surface area contributed by atoms with Crippen molar-refractivity contribution in [1.29, 1.82) is 0 Å². The van der Waals surface area contributed by atoms with E-state index in [9.17, 15) is 4.79 Å². The molecule has 58 valence electrons. The van der Waals surface area contributed by atoms with Gasteiger partial charge in [0, 0.05) is 6.42 Å². The van der Waals surface area contributed by atoms with Crippen LogP contribution in [0.5, 0.6) is 0 Å². The number of cyclic esters (lactones) is 1. The second-order valence-corrected chi connectivity index (χ2v) is 3.17. The zero-order chi connectivity index (χ0) is 7.56. The van der Waals surface area contributed by atoms with Crippen LogP contribution in [0.15, 0.2) is 0 Å². The van der Waals surface area contributed by atoms with Crippen molar-refractivity contribution in [2.75, 3.05) is 6.61 Å². The predicted molar refractivity (Wildman–Crippen MR) is 38.5 cm³/mol. The first-order chi connectivity index (χ1) is 4.70. The molecular weight excluding hydrogens is 128 g/mol. The fourth-order valence-electron chi connectivity index (χ4n) is 1.17. The van der Waals surface area contributed by atoms with E-state index in [1.54, 1.807) is 0 Å². The van der Waals surface area contributed by atoms with Gasteiger partial charge in [0.2, 0.25) is 0 Å². The lowest BCUT2D eigenvalue weighted by Crippen LogP contribution is -2.08. The van der Waals surface area contributed by atoms with Gasteiger partial charge in [0.1, 0.15) is 0 Å². The van der Waals surface area contributed by atoms with E-state index in [1.807, 2.05) is 0 Å². The van der Waals surface area contributed by atoms with Crippen LogP contribution in [0.1, 0.15) is 26.7 Å². The Morgan fingerprint density at radius 3 is 2.80 bits per heavy atom. The topological polar surface area (TPSA) is 26.3 Å². The Bertz CT molecular complexity index is 131.